The third kappa shape index (κ3) is 4.78. The minimum absolute atomic E-state index is 0.205. The van der Waals surface area contributed by atoms with E-state index >= 15 is 0 Å². The molecule has 0 unspecified atom stereocenters. The SMILES string of the molecule is C=C1CC(SCC)=CC(Sc2cnc(N)nc2N)=C(C(C)C)C1. The van der Waals surface area contributed by atoms with Crippen LogP contribution in [0.1, 0.15) is 33.6 Å². The lowest BCUT2D eigenvalue weighted by molar-refractivity contribution is 0.735. The second kappa shape index (κ2) is 7.93. The lowest BCUT2D eigenvalue weighted by atomic mass is 9.96. The second-order valence-corrected chi connectivity index (χ2v) is 8.25. The maximum Gasteiger partial charge on any atom is 0.221 e. The first kappa shape index (κ1) is 17.9. The van der Waals surface area contributed by atoms with E-state index in [1.165, 1.54) is 21.0 Å². The predicted octanol–water partition coefficient (Wildman–Crippen LogP) is 4.63. The Morgan fingerprint density at radius 3 is 2.65 bits per heavy atom. The minimum Gasteiger partial charge on any atom is -0.383 e. The molecular formula is C17H24N4S2. The first-order valence-corrected chi connectivity index (χ1v) is 9.49. The molecule has 1 aromatic rings. The molecular weight excluding hydrogens is 324 g/mol. The summed E-state index contributed by atoms with van der Waals surface area (Å²) in [6.45, 7) is 10.9. The van der Waals surface area contributed by atoms with E-state index in [9.17, 15) is 0 Å². The van der Waals surface area contributed by atoms with Gasteiger partial charge in [-0.05, 0) is 41.1 Å². The average Bonchev–Trinajstić information content (AvgIpc) is 2.61. The molecule has 124 valence electrons. The molecule has 1 aliphatic carbocycles. The van der Waals surface area contributed by atoms with E-state index in [4.69, 9.17) is 11.5 Å². The van der Waals surface area contributed by atoms with Gasteiger partial charge in [0.05, 0.1) is 4.90 Å². The van der Waals surface area contributed by atoms with E-state index in [1.807, 2.05) is 11.8 Å². The Morgan fingerprint density at radius 2 is 2.04 bits per heavy atom. The molecule has 1 aromatic heterocycles. The average molecular weight is 349 g/mol. The molecule has 0 atom stereocenters. The van der Waals surface area contributed by atoms with Crippen LogP contribution < -0.4 is 11.5 Å². The molecule has 0 fully saturated rings. The number of nitrogens with two attached hydrogens (primary N) is 2. The van der Waals surface area contributed by atoms with E-state index in [2.05, 4.69) is 43.4 Å². The van der Waals surface area contributed by atoms with Crippen LogP contribution in [0.5, 0.6) is 0 Å². The molecule has 0 aromatic carbocycles. The van der Waals surface area contributed by atoms with Crippen molar-refractivity contribution in [2.45, 2.75) is 38.5 Å². The van der Waals surface area contributed by atoms with Gasteiger partial charge in [-0.1, -0.05) is 44.7 Å². The molecule has 6 heteroatoms. The van der Waals surface area contributed by atoms with Gasteiger partial charge in [0.25, 0.3) is 0 Å². The summed E-state index contributed by atoms with van der Waals surface area (Å²) in [7, 11) is 0. The van der Waals surface area contributed by atoms with E-state index in [-0.39, 0.29) is 5.95 Å². The number of anilines is 2. The van der Waals surface area contributed by atoms with Crippen LogP contribution in [0.15, 0.2) is 44.7 Å². The summed E-state index contributed by atoms with van der Waals surface area (Å²) in [5.41, 5.74) is 14.2. The zero-order valence-corrected chi connectivity index (χ0v) is 15.6. The third-order valence-corrected chi connectivity index (χ3v) is 5.58. The van der Waals surface area contributed by atoms with Crippen molar-refractivity contribution >= 4 is 35.3 Å². The van der Waals surface area contributed by atoms with E-state index < -0.39 is 0 Å². The van der Waals surface area contributed by atoms with Crippen molar-refractivity contribution in [3.8, 4) is 0 Å². The lowest BCUT2D eigenvalue weighted by Gasteiger charge is -2.15. The minimum atomic E-state index is 0.205. The molecule has 23 heavy (non-hydrogen) atoms. The number of nitrogen functional groups attached to an aromatic ring is 2. The predicted molar refractivity (Wildman–Crippen MR) is 103 cm³/mol. The zero-order chi connectivity index (χ0) is 17.0. The Morgan fingerprint density at radius 1 is 1.30 bits per heavy atom. The lowest BCUT2D eigenvalue weighted by Crippen LogP contribution is -2.01. The summed E-state index contributed by atoms with van der Waals surface area (Å²) in [6, 6.07) is 0. The highest BCUT2D eigenvalue weighted by Gasteiger charge is 2.18. The molecule has 1 heterocycles. The normalized spacial score (nSPS) is 15.8. The summed E-state index contributed by atoms with van der Waals surface area (Å²) in [5, 5.41) is 0. The van der Waals surface area contributed by atoms with Gasteiger partial charge in [0.1, 0.15) is 5.82 Å². The van der Waals surface area contributed by atoms with Crippen LogP contribution in [0.25, 0.3) is 0 Å². The molecule has 1 aliphatic rings. The van der Waals surface area contributed by atoms with Crippen LogP contribution in [0.2, 0.25) is 0 Å². The summed E-state index contributed by atoms with van der Waals surface area (Å²) < 4.78 is 0. The fraction of sp³-hybridized carbons (Fsp3) is 0.412. The number of hydrogen-bond acceptors (Lipinski definition) is 6. The van der Waals surface area contributed by atoms with Gasteiger partial charge in [-0.3, -0.25) is 0 Å². The Bertz CT molecular complexity index is 663. The van der Waals surface area contributed by atoms with Crippen LogP contribution in [-0.4, -0.2) is 15.7 Å². The van der Waals surface area contributed by atoms with Crippen LogP contribution in [-0.2, 0) is 0 Å². The van der Waals surface area contributed by atoms with Crippen molar-refractivity contribution in [1.82, 2.24) is 9.97 Å². The summed E-state index contributed by atoms with van der Waals surface area (Å²) in [6.07, 6.45) is 5.86. The smallest absolute Gasteiger partial charge is 0.221 e. The standard InChI is InChI=1S/C17H24N4S2/c1-5-22-12-6-11(4)7-13(10(2)3)14(8-12)23-15-9-20-17(19)21-16(15)18/h8-10H,4-7H2,1-3H3,(H4,18,19,20,21). The Balaban J connectivity index is 2.43. The summed E-state index contributed by atoms with van der Waals surface area (Å²) >= 11 is 3.50. The highest BCUT2D eigenvalue weighted by Crippen LogP contribution is 2.42. The van der Waals surface area contributed by atoms with E-state index in [0.717, 1.165) is 23.5 Å². The van der Waals surface area contributed by atoms with Gasteiger partial charge in [0, 0.05) is 11.1 Å². The number of nitrogens with zero attached hydrogens (tertiary/aromatic N) is 2. The largest absolute Gasteiger partial charge is 0.383 e. The van der Waals surface area contributed by atoms with Gasteiger partial charge in [-0.15, -0.1) is 11.8 Å². The van der Waals surface area contributed by atoms with E-state index in [0.29, 0.717) is 11.7 Å². The van der Waals surface area contributed by atoms with Crippen molar-refractivity contribution in [3.05, 3.63) is 39.8 Å². The monoisotopic (exact) mass is 348 g/mol. The van der Waals surface area contributed by atoms with Gasteiger partial charge < -0.3 is 11.5 Å². The highest BCUT2D eigenvalue weighted by atomic mass is 32.2. The summed E-state index contributed by atoms with van der Waals surface area (Å²) in [5.74, 6) is 2.14. The van der Waals surface area contributed by atoms with Gasteiger partial charge in [-0.2, -0.15) is 4.98 Å². The van der Waals surface area contributed by atoms with Crippen molar-refractivity contribution in [2.75, 3.05) is 17.2 Å². The van der Waals surface area contributed by atoms with Crippen LogP contribution in [0.4, 0.5) is 11.8 Å². The van der Waals surface area contributed by atoms with Gasteiger partial charge in [0.15, 0.2) is 0 Å². The Labute approximate surface area is 146 Å². The molecule has 0 aliphatic heterocycles. The summed E-state index contributed by atoms with van der Waals surface area (Å²) in [4.78, 5) is 11.6. The third-order valence-electron chi connectivity index (χ3n) is 3.52. The molecule has 0 bridgehead atoms. The molecule has 4 N–H and O–H groups in total. The van der Waals surface area contributed by atoms with Crippen molar-refractivity contribution < 1.29 is 0 Å². The number of hydrogen-bond donors (Lipinski definition) is 2. The van der Waals surface area contributed by atoms with Gasteiger partial charge in [0.2, 0.25) is 5.95 Å². The topological polar surface area (TPSA) is 77.8 Å². The number of aromatic nitrogens is 2. The first-order valence-electron chi connectivity index (χ1n) is 7.69. The maximum absolute atomic E-state index is 6.00. The molecule has 0 amide bonds. The highest BCUT2D eigenvalue weighted by molar-refractivity contribution is 8.04. The maximum atomic E-state index is 6.00. The quantitative estimate of drug-likeness (QED) is 0.755. The number of rotatable bonds is 5. The first-order chi connectivity index (χ1) is 10.9. The molecule has 0 saturated carbocycles. The fourth-order valence-electron chi connectivity index (χ4n) is 2.41. The Kier molecular flexibility index (Phi) is 6.18. The Hall–Kier alpha value is -1.40. The van der Waals surface area contributed by atoms with Crippen molar-refractivity contribution in [1.29, 1.82) is 0 Å². The van der Waals surface area contributed by atoms with E-state index in [1.54, 1.807) is 18.0 Å². The molecule has 0 spiro atoms. The zero-order valence-electron chi connectivity index (χ0n) is 13.9. The van der Waals surface area contributed by atoms with Gasteiger partial charge >= 0.3 is 0 Å². The number of thioether (sulfide) groups is 2. The molecule has 2 rings (SSSR count). The van der Waals surface area contributed by atoms with Crippen LogP contribution >= 0.6 is 23.5 Å². The second-order valence-electron chi connectivity index (χ2n) is 5.77. The molecule has 4 nitrogen and oxygen atoms in total. The molecule has 0 saturated heterocycles. The van der Waals surface area contributed by atoms with Gasteiger partial charge in [-0.25, -0.2) is 4.98 Å². The van der Waals surface area contributed by atoms with Crippen molar-refractivity contribution in [2.24, 2.45) is 5.92 Å². The van der Waals surface area contributed by atoms with Crippen LogP contribution in [0, 0.1) is 5.92 Å². The van der Waals surface area contributed by atoms with Crippen LogP contribution in [0.3, 0.4) is 0 Å². The van der Waals surface area contributed by atoms with Crippen molar-refractivity contribution in [3.63, 3.8) is 0 Å². The molecule has 0 radical (unpaired) electrons. The fourth-order valence-corrected chi connectivity index (χ4v) is 4.50. The number of allylic oxidation sites excluding steroid dienone is 4.